The number of nitrogens with one attached hydrogen (secondary N) is 1. The van der Waals surface area contributed by atoms with Crippen molar-refractivity contribution in [3.63, 3.8) is 0 Å². The highest BCUT2D eigenvalue weighted by atomic mass is 32.2. The first kappa shape index (κ1) is 21.5. The summed E-state index contributed by atoms with van der Waals surface area (Å²) in [5.41, 5.74) is 5.53. The number of hydrogen-bond donors (Lipinski definition) is 1. The molecule has 1 saturated heterocycles. The molecule has 1 amide bonds. The second-order valence-electron chi connectivity index (χ2n) is 8.35. The molecule has 0 aliphatic carbocycles. The van der Waals surface area contributed by atoms with Crippen LogP contribution in [-0.2, 0) is 10.0 Å². The van der Waals surface area contributed by atoms with Crippen LogP contribution in [0, 0.1) is 13.8 Å². The van der Waals surface area contributed by atoms with E-state index in [1.165, 1.54) is 11.8 Å². The number of carbonyl (C=O) groups excluding carboxylic acids is 1. The number of piperidine rings is 1. The molecule has 0 unspecified atom stereocenters. The third-order valence-corrected chi connectivity index (χ3v) is 6.53. The van der Waals surface area contributed by atoms with Crippen molar-refractivity contribution in [1.82, 2.24) is 14.6 Å². The maximum absolute atomic E-state index is 13.5. The maximum atomic E-state index is 13.5. The van der Waals surface area contributed by atoms with Crippen molar-refractivity contribution < 1.29 is 13.2 Å². The Morgan fingerprint density at radius 1 is 1.06 bits per heavy atom. The third-order valence-electron chi connectivity index (χ3n) is 5.77. The molecule has 0 bridgehead atoms. The molecule has 1 N–H and O–H groups in total. The number of aryl methyl sites for hydroxylation is 2. The van der Waals surface area contributed by atoms with Crippen molar-refractivity contribution in [2.75, 3.05) is 19.3 Å². The van der Waals surface area contributed by atoms with Crippen LogP contribution in [0.15, 0.2) is 48.5 Å². The summed E-state index contributed by atoms with van der Waals surface area (Å²) >= 11 is 0. The van der Waals surface area contributed by atoms with Crippen molar-refractivity contribution in [2.45, 2.75) is 32.7 Å². The first-order valence-corrected chi connectivity index (χ1v) is 12.3. The first-order valence-electron chi connectivity index (χ1n) is 10.5. The lowest BCUT2D eigenvalue weighted by Gasteiger charge is -2.32. The highest BCUT2D eigenvalue weighted by molar-refractivity contribution is 7.88. The minimum atomic E-state index is -3.25. The van der Waals surface area contributed by atoms with Crippen LogP contribution in [0.1, 0.15) is 34.3 Å². The van der Waals surface area contributed by atoms with Gasteiger partial charge in [-0.25, -0.2) is 18.1 Å². The highest BCUT2D eigenvalue weighted by Gasteiger charge is 2.26. The summed E-state index contributed by atoms with van der Waals surface area (Å²) < 4.78 is 25.7. The van der Waals surface area contributed by atoms with Crippen LogP contribution in [0.3, 0.4) is 0 Å². The molecule has 4 rings (SSSR count). The summed E-state index contributed by atoms with van der Waals surface area (Å²) in [6, 6.07) is 15.7. The molecule has 0 spiro atoms. The van der Waals surface area contributed by atoms with Gasteiger partial charge in [-0.3, -0.25) is 4.79 Å². The summed E-state index contributed by atoms with van der Waals surface area (Å²) in [5, 5.41) is 0.831. The van der Waals surface area contributed by atoms with Gasteiger partial charge < -0.3 is 4.90 Å². The van der Waals surface area contributed by atoms with Gasteiger partial charge in [-0.2, -0.15) is 0 Å². The molecule has 162 valence electrons. The van der Waals surface area contributed by atoms with Gasteiger partial charge in [0.25, 0.3) is 5.91 Å². The molecule has 0 atom stereocenters. The molecule has 31 heavy (non-hydrogen) atoms. The number of rotatable bonds is 4. The molecule has 1 aliphatic rings. The Labute approximate surface area is 183 Å². The predicted molar refractivity (Wildman–Crippen MR) is 124 cm³/mol. The molecule has 1 fully saturated rings. The van der Waals surface area contributed by atoms with Gasteiger partial charge in [0.15, 0.2) is 0 Å². The number of hydrogen-bond acceptors (Lipinski definition) is 4. The minimum Gasteiger partial charge on any atom is -0.339 e. The van der Waals surface area contributed by atoms with E-state index in [2.05, 4.69) is 36.8 Å². The Morgan fingerprint density at radius 3 is 2.45 bits per heavy atom. The average Bonchev–Trinajstić information content (AvgIpc) is 2.72. The van der Waals surface area contributed by atoms with Crippen molar-refractivity contribution in [1.29, 1.82) is 0 Å². The van der Waals surface area contributed by atoms with E-state index in [1.54, 1.807) is 0 Å². The number of nitrogens with zero attached hydrogens (tertiary/aromatic N) is 2. The van der Waals surface area contributed by atoms with E-state index < -0.39 is 10.0 Å². The van der Waals surface area contributed by atoms with Crippen LogP contribution < -0.4 is 4.72 Å². The summed E-state index contributed by atoms with van der Waals surface area (Å²) in [5.74, 6) is -0.0394. The Kier molecular flexibility index (Phi) is 5.81. The standard InChI is InChI=1S/C24H27N3O3S/c1-16-8-9-19(17(2)14-16)23-15-21(20-6-4-5-7-22(20)25-23)24(28)27-12-10-18(11-13-27)26-31(3,29)30/h4-9,14-15,18,26H,10-13H2,1-3H3. The van der Waals surface area contributed by atoms with Crippen molar-refractivity contribution in [2.24, 2.45) is 0 Å². The number of amides is 1. The number of likely N-dealkylation sites (tertiary alicyclic amines) is 1. The number of aromatic nitrogens is 1. The van der Waals surface area contributed by atoms with Crippen molar-refractivity contribution >= 4 is 26.8 Å². The van der Waals surface area contributed by atoms with Crippen LogP contribution in [0.4, 0.5) is 0 Å². The molecular weight excluding hydrogens is 410 g/mol. The number of benzene rings is 2. The lowest BCUT2D eigenvalue weighted by atomic mass is 9.98. The highest BCUT2D eigenvalue weighted by Crippen LogP contribution is 2.29. The normalized spacial score (nSPS) is 15.4. The number of pyridine rings is 1. The fourth-order valence-corrected chi connectivity index (χ4v) is 5.11. The maximum Gasteiger partial charge on any atom is 0.254 e. The first-order chi connectivity index (χ1) is 14.7. The number of para-hydroxylation sites is 1. The zero-order valence-electron chi connectivity index (χ0n) is 18.1. The zero-order chi connectivity index (χ0) is 22.2. The SMILES string of the molecule is Cc1ccc(-c2cc(C(=O)N3CCC(NS(C)(=O)=O)CC3)c3ccccc3n2)c(C)c1. The third kappa shape index (κ3) is 4.78. The quantitative estimate of drug-likeness (QED) is 0.675. The summed E-state index contributed by atoms with van der Waals surface area (Å²) in [6.07, 6.45) is 2.37. The van der Waals surface area contributed by atoms with Gasteiger partial charge in [0.05, 0.1) is 23.0 Å². The Morgan fingerprint density at radius 2 is 1.77 bits per heavy atom. The van der Waals surface area contributed by atoms with E-state index >= 15 is 0 Å². The van der Waals surface area contributed by atoms with Gasteiger partial charge in [-0.15, -0.1) is 0 Å². The molecule has 3 aromatic rings. The topological polar surface area (TPSA) is 79.4 Å². The largest absolute Gasteiger partial charge is 0.339 e. The lowest BCUT2D eigenvalue weighted by molar-refractivity contribution is 0.0713. The molecule has 1 aliphatic heterocycles. The monoisotopic (exact) mass is 437 g/mol. The van der Waals surface area contributed by atoms with E-state index in [4.69, 9.17) is 4.98 Å². The summed E-state index contributed by atoms with van der Waals surface area (Å²) in [6.45, 7) is 5.14. The van der Waals surface area contributed by atoms with E-state index in [0.29, 0.717) is 31.5 Å². The second kappa shape index (κ2) is 8.40. The van der Waals surface area contributed by atoms with Gasteiger partial charge in [0, 0.05) is 30.1 Å². The molecule has 1 aromatic heterocycles. The van der Waals surface area contributed by atoms with Gasteiger partial charge in [0.2, 0.25) is 10.0 Å². The molecule has 6 nitrogen and oxygen atoms in total. The number of carbonyl (C=O) groups is 1. The van der Waals surface area contributed by atoms with Gasteiger partial charge in [0.1, 0.15) is 0 Å². The van der Waals surface area contributed by atoms with Crippen molar-refractivity contribution in [3.05, 3.63) is 65.2 Å². The molecule has 2 heterocycles. The van der Waals surface area contributed by atoms with Crippen LogP contribution in [-0.4, -0.2) is 49.6 Å². The molecule has 0 radical (unpaired) electrons. The Hall–Kier alpha value is -2.77. The van der Waals surface area contributed by atoms with E-state index in [-0.39, 0.29) is 11.9 Å². The average molecular weight is 438 g/mol. The Balaban J connectivity index is 1.68. The molecular formula is C24H27N3O3S. The number of sulfonamides is 1. The van der Waals surface area contributed by atoms with Crippen LogP contribution in [0.2, 0.25) is 0 Å². The van der Waals surface area contributed by atoms with Gasteiger partial charge in [-0.1, -0.05) is 42.0 Å². The lowest BCUT2D eigenvalue weighted by Crippen LogP contribution is -2.46. The van der Waals surface area contributed by atoms with E-state index in [1.807, 2.05) is 35.2 Å². The fourth-order valence-electron chi connectivity index (χ4n) is 4.26. The predicted octanol–water partition coefficient (Wildman–Crippen LogP) is 3.67. The smallest absolute Gasteiger partial charge is 0.254 e. The minimum absolute atomic E-state index is 0.0394. The van der Waals surface area contributed by atoms with Crippen molar-refractivity contribution in [3.8, 4) is 11.3 Å². The Bertz CT molecular complexity index is 1250. The fraction of sp³-hybridized carbons (Fsp3) is 0.333. The van der Waals surface area contributed by atoms with Crippen LogP contribution in [0.25, 0.3) is 22.2 Å². The van der Waals surface area contributed by atoms with E-state index in [0.717, 1.165) is 27.7 Å². The van der Waals surface area contributed by atoms with Gasteiger partial charge in [-0.05, 0) is 44.4 Å². The molecule has 2 aromatic carbocycles. The molecule has 0 saturated carbocycles. The molecule has 7 heteroatoms. The van der Waals surface area contributed by atoms with Gasteiger partial charge >= 0.3 is 0 Å². The summed E-state index contributed by atoms with van der Waals surface area (Å²) in [7, 11) is -3.25. The zero-order valence-corrected chi connectivity index (χ0v) is 18.9. The summed E-state index contributed by atoms with van der Waals surface area (Å²) in [4.78, 5) is 20.1. The number of fused-ring (bicyclic) bond motifs is 1. The van der Waals surface area contributed by atoms with Crippen LogP contribution in [0.5, 0.6) is 0 Å². The second-order valence-corrected chi connectivity index (χ2v) is 10.1. The van der Waals surface area contributed by atoms with Crippen LogP contribution >= 0.6 is 0 Å². The van der Waals surface area contributed by atoms with E-state index in [9.17, 15) is 13.2 Å².